The SMILES string of the molecule is CC(C)C(C)C(=O)OCc1ccccc1.O=Cc1cc2cc(C(F)(F)POc3ccccc3)ccc2s1. The Hall–Kier alpha value is -3.15. The van der Waals surface area contributed by atoms with Gasteiger partial charge in [0, 0.05) is 10.3 Å². The van der Waals surface area contributed by atoms with Gasteiger partial charge in [-0.1, -0.05) is 75.4 Å². The fraction of sp³-hybridized carbons (Fsp3) is 0.241. The van der Waals surface area contributed by atoms with E-state index in [4.69, 9.17) is 9.26 Å². The smallest absolute Gasteiger partial charge is 0.322 e. The van der Waals surface area contributed by atoms with Crippen molar-refractivity contribution in [2.45, 2.75) is 33.0 Å². The highest BCUT2D eigenvalue weighted by Gasteiger charge is 2.33. The van der Waals surface area contributed by atoms with E-state index in [2.05, 4.69) is 0 Å². The molecule has 4 aromatic rings. The summed E-state index contributed by atoms with van der Waals surface area (Å²) in [4.78, 5) is 22.8. The first-order valence-corrected chi connectivity index (χ1v) is 13.5. The highest BCUT2D eigenvalue weighted by Crippen LogP contribution is 2.46. The average Bonchev–Trinajstić information content (AvgIpc) is 3.34. The molecule has 8 heteroatoms. The molecule has 2 atom stereocenters. The number of hydrogen-bond donors (Lipinski definition) is 0. The van der Waals surface area contributed by atoms with Crippen LogP contribution in [-0.4, -0.2) is 12.3 Å². The van der Waals surface area contributed by atoms with Crippen LogP contribution in [0, 0.1) is 11.8 Å². The summed E-state index contributed by atoms with van der Waals surface area (Å²) in [6.45, 7) is 6.32. The van der Waals surface area contributed by atoms with Gasteiger partial charge in [0.1, 0.15) is 12.4 Å². The van der Waals surface area contributed by atoms with Crippen LogP contribution in [0.4, 0.5) is 8.78 Å². The maximum atomic E-state index is 14.3. The summed E-state index contributed by atoms with van der Waals surface area (Å²) in [7, 11) is -1.01. The van der Waals surface area contributed by atoms with Crippen molar-refractivity contribution in [1.29, 1.82) is 0 Å². The molecule has 0 N–H and O–H groups in total. The molecule has 0 saturated carbocycles. The van der Waals surface area contributed by atoms with Crippen molar-refractivity contribution in [3.05, 3.63) is 101 Å². The molecule has 4 nitrogen and oxygen atoms in total. The minimum absolute atomic E-state index is 0.0336. The van der Waals surface area contributed by atoms with E-state index in [0.29, 0.717) is 28.5 Å². The summed E-state index contributed by atoms with van der Waals surface area (Å²) in [6, 6.07) is 24.3. The Balaban J connectivity index is 0.000000222. The molecular formula is C29H29F2O4PS. The summed E-state index contributed by atoms with van der Waals surface area (Å²) in [5.41, 5.74) is -2.15. The monoisotopic (exact) mass is 542 g/mol. The van der Waals surface area contributed by atoms with Crippen molar-refractivity contribution < 1.29 is 27.6 Å². The third kappa shape index (κ3) is 8.44. The fourth-order valence-corrected chi connectivity index (χ4v) is 4.64. The highest BCUT2D eigenvalue weighted by molar-refractivity contribution is 7.33. The second-order valence-corrected chi connectivity index (χ2v) is 10.9. The van der Waals surface area contributed by atoms with Crippen molar-refractivity contribution in [2.24, 2.45) is 11.8 Å². The molecule has 0 aliphatic heterocycles. The Morgan fingerprint density at radius 3 is 2.24 bits per heavy atom. The predicted molar refractivity (Wildman–Crippen MR) is 147 cm³/mol. The van der Waals surface area contributed by atoms with Crippen molar-refractivity contribution in [3.8, 4) is 5.75 Å². The van der Waals surface area contributed by atoms with Crippen molar-refractivity contribution in [1.82, 2.24) is 0 Å². The lowest BCUT2D eigenvalue weighted by atomic mass is 9.99. The number of ether oxygens (including phenoxy) is 1. The number of rotatable bonds is 9. The van der Waals surface area contributed by atoms with Crippen LogP contribution < -0.4 is 4.52 Å². The number of aldehydes is 1. The molecule has 194 valence electrons. The number of carbonyl (C=O) groups is 2. The van der Waals surface area contributed by atoms with E-state index >= 15 is 0 Å². The number of esters is 1. The molecule has 3 aromatic carbocycles. The number of benzene rings is 3. The Bertz CT molecular complexity index is 1290. The van der Waals surface area contributed by atoms with Crippen LogP contribution in [0.25, 0.3) is 10.1 Å². The lowest BCUT2D eigenvalue weighted by Gasteiger charge is -2.17. The zero-order valence-corrected chi connectivity index (χ0v) is 22.6. The number of alkyl halides is 2. The van der Waals surface area contributed by atoms with E-state index < -0.39 is 14.5 Å². The number of thiophene rings is 1. The van der Waals surface area contributed by atoms with Gasteiger partial charge in [-0.3, -0.25) is 9.59 Å². The second kappa shape index (κ2) is 13.4. The highest BCUT2D eigenvalue weighted by atomic mass is 32.1. The first-order chi connectivity index (χ1) is 17.7. The van der Waals surface area contributed by atoms with Crippen LogP contribution >= 0.6 is 20.1 Å². The summed E-state index contributed by atoms with van der Waals surface area (Å²) in [6.07, 6.45) is 0.725. The number of carbonyl (C=O) groups excluding carboxylic acids is 2. The standard InChI is InChI=1S/C16H11F2O2PS.C13H18O2/c17-16(18,21-20-13-4-2-1-3-5-13)12-6-7-15-11(8-12)9-14(10-19)22-15;1-10(2)11(3)13(14)15-9-12-7-5-4-6-8-12/h1-10,21H;4-8,10-11H,9H2,1-3H3. The number of hydrogen-bond acceptors (Lipinski definition) is 5. The minimum Gasteiger partial charge on any atom is -0.471 e. The van der Waals surface area contributed by atoms with E-state index in [0.717, 1.165) is 16.5 Å². The third-order valence-electron chi connectivity index (χ3n) is 5.65. The van der Waals surface area contributed by atoms with Gasteiger partial charge < -0.3 is 9.26 Å². The quantitative estimate of drug-likeness (QED) is 0.121. The van der Waals surface area contributed by atoms with Gasteiger partial charge in [0.25, 0.3) is 0 Å². The molecule has 0 amide bonds. The Kier molecular flexibility index (Phi) is 10.3. The zero-order valence-electron chi connectivity index (χ0n) is 20.8. The van der Waals surface area contributed by atoms with Crippen LogP contribution in [-0.2, 0) is 21.8 Å². The number of halogens is 2. The maximum absolute atomic E-state index is 14.3. The van der Waals surface area contributed by atoms with Crippen molar-refractivity contribution >= 4 is 42.5 Å². The zero-order chi connectivity index (χ0) is 26.8. The van der Waals surface area contributed by atoms with E-state index in [-0.39, 0.29) is 17.5 Å². The molecule has 0 bridgehead atoms. The van der Waals surface area contributed by atoms with Gasteiger partial charge >= 0.3 is 11.6 Å². The summed E-state index contributed by atoms with van der Waals surface area (Å²) in [5, 5.41) is 0.647. The molecule has 2 unspecified atom stereocenters. The first kappa shape index (κ1) is 28.4. The topological polar surface area (TPSA) is 52.6 Å². The molecular weight excluding hydrogens is 513 g/mol. The minimum atomic E-state index is -3.08. The molecule has 1 heterocycles. The normalized spacial score (nSPS) is 12.3. The van der Waals surface area contributed by atoms with Crippen molar-refractivity contribution in [2.75, 3.05) is 0 Å². The second-order valence-electron chi connectivity index (χ2n) is 8.74. The van der Waals surface area contributed by atoms with Gasteiger partial charge in [-0.25, -0.2) is 0 Å². The summed E-state index contributed by atoms with van der Waals surface area (Å²) < 4.78 is 39.8. The van der Waals surface area contributed by atoms with Crippen LogP contribution in [0.1, 0.15) is 41.6 Å². The molecule has 1 aromatic heterocycles. The summed E-state index contributed by atoms with van der Waals surface area (Å²) >= 11 is 1.28. The van der Waals surface area contributed by atoms with E-state index in [1.54, 1.807) is 42.5 Å². The lowest BCUT2D eigenvalue weighted by molar-refractivity contribution is -0.150. The average molecular weight is 543 g/mol. The third-order valence-corrected chi connectivity index (χ3v) is 7.57. The Morgan fingerprint density at radius 1 is 0.973 bits per heavy atom. The molecule has 0 saturated heterocycles. The summed E-state index contributed by atoms with van der Waals surface area (Å²) in [5.74, 6) is 0.594. The Morgan fingerprint density at radius 2 is 1.62 bits per heavy atom. The fourth-order valence-electron chi connectivity index (χ4n) is 3.12. The van der Waals surface area contributed by atoms with Gasteiger partial charge in [-0.2, -0.15) is 8.78 Å². The van der Waals surface area contributed by atoms with Gasteiger partial charge in [-0.05, 0) is 47.2 Å². The van der Waals surface area contributed by atoms with E-state index in [1.807, 2.05) is 51.1 Å². The number of fused-ring (bicyclic) bond motifs is 1. The molecule has 0 radical (unpaired) electrons. The molecule has 4 rings (SSSR count). The Labute approximate surface area is 221 Å². The van der Waals surface area contributed by atoms with Crippen LogP contribution in [0.5, 0.6) is 5.75 Å². The van der Waals surface area contributed by atoms with E-state index in [1.165, 1.54) is 23.5 Å². The van der Waals surface area contributed by atoms with Gasteiger partial charge in [0.15, 0.2) is 15.1 Å². The molecule has 0 aliphatic carbocycles. The van der Waals surface area contributed by atoms with Gasteiger partial charge in [0.2, 0.25) is 0 Å². The largest absolute Gasteiger partial charge is 0.471 e. The molecule has 0 spiro atoms. The predicted octanol–water partition coefficient (Wildman–Crippen LogP) is 8.46. The first-order valence-electron chi connectivity index (χ1n) is 11.8. The molecule has 0 aliphatic rings. The molecule has 0 fully saturated rings. The van der Waals surface area contributed by atoms with Crippen molar-refractivity contribution in [3.63, 3.8) is 0 Å². The maximum Gasteiger partial charge on any atom is 0.322 e. The van der Waals surface area contributed by atoms with Gasteiger partial charge in [-0.15, -0.1) is 11.3 Å². The number of para-hydroxylation sites is 1. The van der Waals surface area contributed by atoms with E-state index in [9.17, 15) is 18.4 Å². The van der Waals surface area contributed by atoms with Crippen LogP contribution in [0.2, 0.25) is 0 Å². The molecule has 37 heavy (non-hydrogen) atoms. The van der Waals surface area contributed by atoms with Gasteiger partial charge in [0.05, 0.1) is 10.8 Å². The van der Waals surface area contributed by atoms with Crippen LogP contribution in [0.3, 0.4) is 0 Å². The lowest BCUT2D eigenvalue weighted by Crippen LogP contribution is -2.19. The van der Waals surface area contributed by atoms with Crippen LogP contribution in [0.15, 0.2) is 84.9 Å².